The average molecular weight is 551 g/mol. The molecule has 200 valence electrons. The minimum atomic E-state index is -4.00. The lowest BCUT2D eigenvalue weighted by molar-refractivity contribution is -0.384. The average Bonchev–Trinajstić information content (AvgIpc) is 2.85. The topological polar surface area (TPSA) is 130 Å². The summed E-state index contributed by atoms with van der Waals surface area (Å²) in [6.45, 7) is 0.978. The van der Waals surface area contributed by atoms with E-state index in [0.717, 1.165) is 48.7 Å². The Morgan fingerprint density at radius 3 is 2.43 bits per heavy atom. The Balaban J connectivity index is 1.90. The summed E-state index contributed by atoms with van der Waals surface area (Å²) >= 11 is 6.12. The lowest BCUT2D eigenvalue weighted by Gasteiger charge is -2.33. The van der Waals surface area contributed by atoms with E-state index in [9.17, 15) is 28.1 Å². The Bertz CT molecular complexity index is 1250. The van der Waals surface area contributed by atoms with Crippen molar-refractivity contribution in [3.63, 3.8) is 0 Å². The molecule has 12 heteroatoms. The second-order valence-corrected chi connectivity index (χ2v) is 11.6. The second-order valence-electron chi connectivity index (χ2n) is 9.22. The third kappa shape index (κ3) is 7.90. The summed E-state index contributed by atoms with van der Waals surface area (Å²) in [6, 6.07) is 11.0. The van der Waals surface area contributed by atoms with Crippen LogP contribution in [0.3, 0.4) is 0 Å². The van der Waals surface area contributed by atoms with Crippen molar-refractivity contribution in [3.05, 3.63) is 69.2 Å². The van der Waals surface area contributed by atoms with E-state index in [4.69, 9.17) is 11.6 Å². The number of non-ortho nitro benzene ring substituents is 1. The van der Waals surface area contributed by atoms with Crippen molar-refractivity contribution in [3.8, 4) is 0 Å². The van der Waals surface area contributed by atoms with Crippen LogP contribution in [0.5, 0.6) is 0 Å². The highest BCUT2D eigenvalue weighted by Gasteiger charge is 2.31. The fraction of sp³-hybridized carbons (Fsp3) is 0.440. The molecule has 37 heavy (non-hydrogen) atoms. The number of carbonyl (C=O) groups is 2. The van der Waals surface area contributed by atoms with Gasteiger partial charge in [-0.3, -0.25) is 24.0 Å². The molecular weight excluding hydrogens is 520 g/mol. The van der Waals surface area contributed by atoms with Crippen LogP contribution in [-0.2, 0) is 26.2 Å². The third-order valence-corrected chi connectivity index (χ3v) is 7.74. The van der Waals surface area contributed by atoms with Crippen LogP contribution in [0.2, 0.25) is 5.02 Å². The van der Waals surface area contributed by atoms with Crippen molar-refractivity contribution >= 4 is 44.8 Å². The molecule has 0 aromatic heterocycles. The highest BCUT2D eigenvalue weighted by molar-refractivity contribution is 7.92. The monoisotopic (exact) mass is 550 g/mol. The zero-order valence-corrected chi connectivity index (χ0v) is 22.4. The molecule has 3 rings (SSSR count). The lowest BCUT2D eigenvalue weighted by atomic mass is 9.95. The van der Waals surface area contributed by atoms with Crippen molar-refractivity contribution in [2.75, 3.05) is 17.1 Å². The number of benzene rings is 2. The maximum atomic E-state index is 13.6. The van der Waals surface area contributed by atoms with E-state index >= 15 is 0 Å². The molecular formula is C25H31ClN4O6S. The third-order valence-electron chi connectivity index (χ3n) is 6.37. The van der Waals surface area contributed by atoms with E-state index in [0.29, 0.717) is 10.6 Å². The van der Waals surface area contributed by atoms with Crippen LogP contribution in [0.4, 0.5) is 11.4 Å². The predicted molar refractivity (Wildman–Crippen MR) is 142 cm³/mol. The van der Waals surface area contributed by atoms with Gasteiger partial charge in [-0.1, -0.05) is 49.1 Å². The largest absolute Gasteiger partial charge is 0.352 e. The van der Waals surface area contributed by atoms with Gasteiger partial charge in [0, 0.05) is 29.7 Å². The molecule has 1 N–H and O–H groups in total. The van der Waals surface area contributed by atoms with Gasteiger partial charge in [0.05, 0.1) is 16.9 Å². The molecule has 0 aliphatic heterocycles. The van der Waals surface area contributed by atoms with Gasteiger partial charge < -0.3 is 10.2 Å². The van der Waals surface area contributed by atoms with Gasteiger partial charge in [-0.15, -0.1) is 0 Å². The normalized spacial score (nSPS) is 15.0. The first-order chi connectivity index (χ1) is 17.5. The van der Waals surface area contributed by atoms with Crippen LogP contribution < -0.4 is 9.62 Å². The smallest absolute Gasteiger partial charge is 0.271 e. The van der Waals surface area contributed by atoms with Gasteiger partial charge >= 0.3 is 0 Å². The molecule has 1 aliphatic rings. The van der Waals surface area contributed by atoms with Crippen LogP contribution in [0, 0.1) is 10.1 Å². The minimum absolute atomic E-state index is 0.0190. The molecule has 1 saturated carbocycles. The van der Waals surface area contributed by atoms with E-state index in [1.54, 1.807) is 31.2 Å². The number of hydrogen-bond donors (Lipinski definition) is 1. The van der Waals surface area contributed by atoms with Gasteiger partial charge in [0.25, 0.3) is 5.69 Å². The number of amides is 2. The molecule has 0 heterocycles. The van der Waals surface area contributed by atoms with Crippen molar-refractivity contribution < 1.29 is 22.9 Å². The summed E-state index contributed by atoms with van der Waals surface area (Å²) in [4.78, 5) is 38.6. The number of nitro groups is 1. The van der Waals surface area contributed by atoms with Gasteiger partial charge in [0.15, 0.2) is 0 Å². The molecule has 0 bridgehead atoms. The van der Waals surface area contributed by atoms with Crippen LogP contribution in [-0.4, -0.2) is 54.9 Å². The van der Waals surface area contributed by atoms with Gasteiger partial charge in [0.1, 0.15) is 12.6 Å². The van der Waals surface area contributed by atoms with E-state index in [1.807, 2.05) is 0 Å². The first-order valence-corrected chi connectivity index (χ1v) is 14.2. The fourth-order valence-corrected chi connectivity index (χ4v) is 5.41. The zero-order chi connectivity index (χ0) is 27.2. The number of hydrogen-bond acceptors (Lipinski definition) is 6. The van der Waals surface area contributed by atoms with Crippen LogP contribution in [0.25, 0.3) is 0 Å². The highest BCUT2D eigenvalue weighted by atomic mass is 35.5. The molecule has 0 unspecified atom stereocenters. The van der Waals surface area contributed by atoms with Crippen LogP contribution in [0.15, 0.2) is 48.5 Å². The van der Waals surface area contributed by atoms with E-state index < -0.39 is 33.4 Å². The van der Waals surface area contributed by atoms with Crippen molar-refractivity contribution in [1.29, 1.82) is 0 Å². The number of halogens is 1. The zero-order valence-electron chi connectivity index (χ0n) is 20.8. The minimum Gasteiger partial charge on any atom is -0.352 e. The first kappa shape index (κ1) is 28.4. The van der Waals surface area contributed by atoms with Gasteiger partial charge in [-0.2, -0.15) is 0 Å². The number of anilines is 1. The Hall–Kier alpha value is -3.18. The SMILES string of the molecule is C[C@@H](C(=O)NC1CCCCC1)N(Cc1cccc(Cl)c1)C(=O)CN(c1cccc([N+](=O)[O-])c1)S(C)(=O)=O. The van der Waals surface area contributed by atoms with Crippen molar-refractivity contribution in [2.24, 2.45) is 0 Å². The molecule has 0 saturated heterocycles. The van der Waals surface area contributed by atoms with Crippen LogP contribution >= 0.6 is 11.6 Å². The summed E-state index contributed by atoms with van der Waals surface area (Å²) in [5, 5.41) is 14.7. The van der Waals surface area contributed by atoms with Crippen molar-refractivity contribution in [1.82, 2.24) is 10.2 Å². The summed E-state index contributed by atoms with van der Waals surface area (Å²) in [5.74, 6) is -0.966. The number of sulfonamides is 1. The Morgan fingerprint density at radius 1 is 1.14 bits per heavy atom. The van der Waals surface area contributed by atoms with Gasteiger partial charge in [-0.05, 0) is 43.5 Å². The number of nitrogens with zero attached hydrogens (tertiary/aromatic N) is 3. The highest BCUT2D eigenvalue weighted by Crippen LogP contribution is 2.24. The second kappa shape index (κ2) is 12.4. The molecule has 0 spiro atoms. The summed E-state index contributed by atoms with van der Waals surface area (Å²) < 4.78 is 26.1. The summed E-state index contributed by atoms with van der Waals surface area (Å²) in [5.41, 5.74) is 0.334. The predicted octanol–water partition coefficient (Wildman–Crippen LogP) is 3.88. The molecule has 1 aliphatic carbocycles. The number of nitrogens with one attached hydrogen (secondary N) is 1. The van der Waals surface area contributed by atoms with E-state index in [2.05, 4.69) is 5.32 Å². The van der Waals surface area contributed by atoms with Gasteiger partial charge in [0.2, 0.25) is 21.8 Å². The maximum absolute atomic E-state index is 13.6. The number of nitro benzene ring substituents is 1. The Labute approximate surface area is 221 Å². The molecule has 2 aromatic rings. The number of carbonyl (C=O) groups excluding carboxylic acids is 2. The molecule has 0 radical (unpaired) electrons. The standard InChI is InChI=1S/C25H31ClN4O6S/c1-18(25(32)27-21-10-4-3-5-11-21)28(16-19-8-6-9-20(26)14-19)24(31)17-29(37(2,35)36)22-12-7-13-23(15-22)30(33)34/h6-9,12-15,18,21H,3-5,10-11,16-17H2,1-2H3,(H,27,32)/t18-/m0/s1. The summed E-state index contributed by atoms with van der Waals surface area (Å²) in [6.07, 6.45) is 5.83. The van der Waals surface area contributed by atoms with E-state index in [1.165, 1.54) is 23.1 Å². The molecule has 2 amide bonds. The molecule has 1 atom stereocenters. The molecule has 2 aromatic carbocycles. The van der Waals surface area contributed by atoms with E-state index in [-0.39, 0.29) is 29.9 Å². The number of rotatable bonds is 10. The summed E-state index contributed by atoms with van der Waals surface area (Å²) in [7, 11) is -4.00. The first-order valence-electron chi connectivity index (χ1n) is 12.0. The van der Waals surface area contributed by atoms with Crippen LogP contribution in [0.1, 0.15) is 44.6 Å². The fourth-order valence-electron chi connectivity index (χ4n) is 4.36. The van der Waals surface area contributed by atoms with Crippen molar-refractivity contribution in [2.45, 2.75) is 57.7 Å². The quantitative estimate of drug-likeness (QED) is 0.353. The lowest BCUT2D eigenvalue weighted by Crippen LogP contribution is -2.52. The Kier molecular flexibility index (Phi) is 9.50. The van der Waals surface area contributed by atoms with Gasteiger partial charge in [-0.25, -0.2) is 8.42 Å². The Morgan fingerprint density at radius 2 is 1.81 bits per heavy atom. The maximum Gasteiger partial charge on any atom is 0.271 e. The molecule has 1 fully saturated rings. The molecule has 10 nitrogen and oxygen atoms in total.